The van der Waals surface area contributed by atoms with Gasteiger partial charge in [-0.05, 0) is 42.2 Å². The third-order valence-corrected chi connectivity index (χ3v) is 4.36. The van der Waals surface area contributed by atoms with Gasteiger partial charge in [0, 0.05) is 13.1 Å². The lowest BCUT2D eigenvalue weighted by atomic mass is 9.90. The Morgan fingerprint density at radius 2 is 2.05 bits per heavy atom. The first-order valence-electron chi connectivity index (χ1n) is 7.02. The van der Waals surface area contributed by atoms with Crippen LogP contribution in [0.3, 0.4) is 0 Å². The van der Waals surface area contributed by atoms with Crippen LogP contribution in [-0.4, -0.2) is 13.1 Å². The minimum Gasteiger partial charge on any atom is -0.381 e. The number of benzene rings is 2. The second-order valence-corrected chi connectivity index (χ2v) is 5.56. The van der Waals surface area contributed by atoms with Crippen molar-refractivity contribution in [3.63, 3.8) is 0 Å². The molecule has 0 saturated carbocycles. The van der Waals surface area contributed by atoms with Crippen molar-refractivity contribution in [2.75, 3.05) is 23.3 Å². The molecule has 0 spiro atoms. The maximum atomic E-state index is 3.59. The van der Waals surface area contributed by atoms with Crippen LogP contribution in [0.5, 0.6) is 0 Å². The molecular formula is C17H18N2. The monoisotopic (exact) mass is 250 g/mol. The normalized spacial score (nSPS) is 20.1. The Labute approximate surface area is 114 Å². The molecule has 0 bridgehead atoms. The standard InChI is InChI=1S/C17H18N2/c1-12-6-7-15-16(10-12)19-9-8-13-4-2-3-5-14(13)17(19)11-18-15/h2-7,10,17-18H,8-9,11H2,1H3. The lowest BCUT2D eigenvalue weighted by Gasteiger charge is -2.43. The Morgan fingerprint density at radius 3 is 3.00 bits per heavy atom. The van der Waals surface area contributed by atoms with Crippen LogP contribution in [0, 0.1) is 6.92 Å². The molecule has 2 heterocycles. The molecule has 1 N–H and O–H groups in total. The van der Waals surface area contributed by atoms with Crippen molar-refractivity contribution in [1.82, 2.24) is 0 Å². The Bertz CT molecular complexity index is 633. The molecule has 0 aromatic heterocycles. The van der Waals surface area contributed by atoms with Gasteiger partial charge in [-0.1, -0.05) is 30.3 Å². The summed E-state index contributed by atoms with van der Waals surface area (Å²) in [5.41, 5.74) is 6.99. The van der Waals surface area contributed by atoms with E-state index < -0.39 is 0 Å². The average molecular weight is 250 g/mol. The Hall–Kier alpha value is -1.96. The number of fused-ring (bicyclic) bond motifs is 5. The third-order valence-electron chi connectivity index (χ3n) is 4.36. The van der Waals surface area contributed by atoms with Crippen LogP contribution in [-0.2, 0) is 6.42 Å². The van der Waals surface area contributed by atoms with Crippen LogP contribution in [0.2, 0.25) is 0 Å². The lowest BCUT2D eigenvalue weighted by molar-refractivity contribution is 0.591. The first kappa shape index (κ1) is 10.9. The van der Waals surface area contributed by atoms with Crippen LogP contribution >= 0.6 is 0 Å². The zero-order valence-electron chi connectivity index (χ0n) is 11.2. The molecule has 0 saturated heterocycles. The number of anilines is 2. The van der Waals surface area contributed by atoms with Gasteiger partial charge < -0.3 is 10.2 Å². The van der Waals surface area contributed by atoms with E-state index in [1.54, 1.807) is 0 Å². The number of hydrogen-bond donors (Lipinski definition) is 1. The second kappa shape index (κ2) is 4.02. The largest absolute Gasteiger partial charge is 0.381 e. The van der Waals surface area contributed by atoms with Gasteiger partial charge in [0.05, 0.1) is 17.4 Å². The summed E-state index contributed by atoms with van der Waals surface area (Å²) in [5.74, 6) is 0. The molecule has 0 radical (unpaired) electrons. The predicted molar refractivity (Wildman–Crippen MR) is 79.9 cm³/mol. The average Bonchev–Trinajstić information content (AvgIpc) is 2.46. The van der Waals surface area contributed by atoms with Gasteiger partial charge in [0.2, 0.25) is 0 Å². The van der Waals surface area contributed by atoms with Gasteiger partial charge in [-0.2, -0.15) is 0 Å². The molecule has 2 aromatic carbocycles. The van der Waals surface area contributed by atoms with Crippen molar-refractivity contribution >= 4 is 11.4 Å². The number of hydrogen-bond acceptors (Lipinski definition) is 2. The Morgan fingerprint density at radius 1 is 1.16 bits per heavy atom. The van der Waals surface area contributed by atoms with E-state index in [1.807, 2.05) is 0 Å². The summed E-state index contributed by atoms with van der Waals surface area (Å²) in [7, 11) is 0. The fourth-order valence-corrected chi connectivity index (χ4v) is 3.40. The van der Waals surface area contributed by atoms with Crippen LogP contribution in [0.1, 0.15) is 22.7 Å². The summed E-state index contributed by atoms with van der Waals surface area (Å²) in [6, 6.07) is 16.1. The van der Waals surface area contributed by atoms with Gasteiger partial charge in [-0.15, -0.1) is 0 Å². The van der Waals surface area contributed by atoms with E-state index in [-0.39, 0.29) is 0 Å². The van der Waals surface area contributed by atoms with Gasteiger partial charge in [0.15, 0.2) is 0 Å². The minimum absolute atomic E-state index is 0.485. The summed E-state index contributed by atoms with van der Waals surface area (Å²) in [6.07, 6.45) is 1.15. The van der Waals surface area contributed by atoms with E-state index in [4.69, 9.17) is 0 Å². The van der Waals surface area contributed by atoms with E-state index in [1.165, 1.54) is 28.1 Å². The molecule has 2 nitrogen and oxygen atoms in total. The van der Waals surface area contributed by atoms with E-state index >= 15 is 0 Å². The van der Waals surface area contributed by atoms with Gasteiger partial charge in [0.1, 0.15) is 0 Å². The van der Waals surface area contributed by atoms with Crippen molar-refractivity contribution in [2.45, 2.75) is 19.4 Å². The number of nitrogens with one attached hydrogen (secondary N) is 1. The zero-order valence-corrected chi connectivity index (χ0v) is 11.2. The number of rotatable bonds is 0. The molecule has 1 atom stereocenters. The van der Waals surface area contributed by atoms with E-state index in [2.05, 4.69) is 59.6 Å². The van der Waals surface area contributed by atoms with Crippen LogP contribution < -0.4 is 10.2 Å². The van der Waals surface area contributed by atoms with Gasteiger partial charge in [-0.3, -0.25) is 0 Å². The van der Waals surface area contributed by atoms with E-state index in [9.17, 15) is 0 Å². The summed E-state index contributed by atoms with van der Waals surface area (Å²) in [4.78, 5) is 2.57. The van der Waals surface area contributed by atoms with Crippen LogP contribution in [0.4, 0.5) is 11.4 Å². The minimum atomic E-state index is 0.485. The molecule has 96 valence electrons. The summed E-state index contributed by atoms with van der Waals surface area (Å²) < 4.78 is 0. The second-order valence-electron chi connectivity index (χ2n) is 5.56. The highest BCUT2D eigenvalue weighted by atomic mass is 15.2. The van der Waals surface area contributed by atoms with Gasteiger partial charge in [0.25, 0.3) is 0 Å². The lowest BCUT2D eigenvalue weighted by Crippen LogP contribution is -2.42. The van der Waals surface area contributed by atoms with Crippen molar-refractivity contribution in [3.8, 4) is 0 Å². The maximum Gasteiger partial charge on any atom is 0.0718 e. The molecular weight excluding hydrogens is 232 g/mol. The zero-order chi connectivity index (χ0) is 12.8. The van der Waals surface area contributed by atoms with E-state index in [0.29, 0.717) is 6.04 Å². The first-order valence-corrected chi connectivity index (χ1v) is 7.02. The van der Waals surface area contributed by atoms with Crippen molar-refractivity contribution in [2.24, 2.45) is 0 Å². The smallest absolute Gasteiger partial charge is 0.0718 e. The van der Waals surface area contributed by atoms with Gasteiger partial charge in [-0.25, -0.2) is 0 Å². The van der Waals surface area contributed by atoms with Crippen molar-refractivity contribution in [3.05, 3.63) is 59.2 Å². The summed E-state index contributed by atoms with van der Waals surface area (Å²) in [6.45, 7) is 4.30. The Kier molecular flexibility index (Phi) is 2.31. The highest BCUT2D eigenvalue weighted by molar-refractivity contribution is 5.74. The molecule has 1 unspecified atom stereocenters. The van der Waals surface area contributed by atoms with Crippen molar-refractivity contribution < 1.29 is 0 Å². The fourth-order valence-electron chi connectivity index (χ4n) is 3.40. The van der Waals surface area contributed by atoms with Gasteiger partial charge >= 0.3 is 0 Å². The molecule has 2 aliphatic heterocycles. The quantitative estimate of drug-likeness (QED) is 0.769. The summed E-state index contributed by atoms with van der Waals surface area (Å²) >= 11 is 0. The summed E-state index contributed by atoms with van der Waals surface area (Å²) in [5, 5.41) is 3.59. The molecule has 2 heteroatoms. The van der Waals surface area contributed by atoms with E-state index in [0.717, 1.165) is 19.5 Å². The molecule has 4 rings (SSSR count). The molecule has 2 aliphatic rings. The molecule has 19 heavy (non-hydrogen) atoms. The van der Waals surface area contributed by atoms with Crippen LogP contribution in [0.15, 0.2) is 42.5 Å². The molecule has 0 amide bonds. The van der Waals surface area contributed by atoms with Crippen LogP contribution in [0.25, 0.3) is 0 Å². The first-order chi connectivity index (χ1) is 9.33. The highest BCUT2D eigenvalue weighted by Gasteiger charge is 2.31. The fraction of sp³-hybridized carbons (Fsp3) is 0.294. The molecule has 0 aliphatic carbocycles. The molecule has 0 fully saturated rings. The number of aryl methyl sites for hydroxylation is 1. The highest BCUT2D eigenvalue weighted by Crippen LogP contribution is 2.41. The third kappa shape index (κ3) is 1.63. The van der Waals surface area contributed by atoms with Crippen molar-refractivity contribution in [1.29, 1.82) is 0 Å². The SMILES string of the molecule is Cc1ccc2c(c1)N1CCc3ccccc3C1CN2. The molecule has 2 aromatic rings. The maximum absolute atomic E-state index is 3.59. The number of nitrogens with zero attached hydrogens (tertiary/aromatic N) is 1. The predicted octanol–water partition coefficient (Wildman–Crippen LogP) is 3.52. The Balaban J connectivity index is 1.83. The topological polar surface area (TPSA) is 15.3 Å².